The summed E-state index contributed by atoms with van der Waals surface area (Å²) in [7, 11) is 0. The lowest BCUT2D eigenvalue weighted by Gasteiger charge is -2.09. The van der Waals surface area contributed by atoms with Gasteiger partial charge in [0, 0.05) is 29.7 Å². The Morgan fingerprint density at radius 3 is 2.33 bits per heavy atom. The van der Waals surface area contributed by atoms with Crippen molar-refractivity contribution in [2.24, 2.45) is 0 Å². The van der Waals surface area contributed by atoms with Crippen LogP contribution in [-0.2, 0) is 4.79 Å². The summed E-state index contributed by atoms with van der Waals surface area (Å²) in [6.07, 6.45) is 0. The standard InChI is InChI=1S/C14H15N3O/c1-10(18)16-13-3-2-4-14(9-13)17-12-7-5-11(15)6-8-12/h2-9,17H,15H2,1H3,(H,16,18). The van der Waals surface area contributed by atoms with Crippen LogP contribution in [0.15, 0.2) is 48.5 Å². The molecule has 0 bridgehead atoms. The summed E-state index contributed by atoms with van der Waals surface area (Å²) in [4.78, 5) is 11.0. The zero-order chi connectivity index (χ0) is 13.0. The molecule has 4 N–H and O–H groups in total. The number of hydrogen-bond donors (Lipinski definition) is 3. The Morgan fingerprint density at radius 2 is 1.67 bits per heavy atom. The van der Waals surface area contributed by atoms with E-state index in [1.54, 1.807) is 0 Å². The number of carbonyl (C=O) groups excluding carboxylic acids is 1. The molecule has 0 aliphatic rings. The highest BCUT2D eigenvalue weighted by atomic mass is 16.1. The van der Waals surface area contributed by atoms with E-state index in [9.17, 15) is 4.79 Å². The van der Waals surface area contributed by atoms with Crippen molar-refractivity contribution in [1.82, 2.24) is 0 Å². The highest BCUT2D eigenvalue weighted by molar-refractivity contribution is 5.89. The summed E-state index contributed by atoms with van der Waals surface area (Å²) in [5, 5.41) is 5.98. The Kier molecular flexibility index (Phi) is 3.48. The summed E-state index contributed by atoms with van der Waals surface area (Å²) in [6, 6.07) is 15.0. The predicted molar refractivity (Wildman–Crippen MR) is 74.9 cm³/mol. The maximum absolute atomic E-state index is 11.0. The van der Waals surface area contributed by atoms with Crippen molar-refractivity contribution in [1.29, 1.82) is 0 Å². The molecular formula is C14H15N3O. The summed E-state index contributed by atoms with van der Waals surface area (Å²) >= 11 is 0. The molecule has 1 amide bonds. The maximum atomic E-state index is 11.0. The van der Waals surface area contributed by atoms with Crippen molar-refractivity contribution in [3.63, 3.8) is 0 Å². The van der Waals surface area contributed by atoms with Crippen LogP contribution in [0.5, 0.6) is 0 Å². The molecule has 4 nitrogen and oxygen atoms in total. The van der Waals surface area contributed by atoms with Crippen LogP contribution >= 0.6 is 0 Å². The van der Waals surface area contributed by atoms with E-state index in [1.807, 2.05) is 48.5 Å². The van der Waals surface area contributed by atoms with Crippen LogP contribution in [0.3, 0.4) is 0 Å². The van der Waals surface area contributed by atoms with Gasteiger partial charge in [0.1, 0.15) is 0 Å². The van der Waals surface area contributed by atoms with Crippen LogP contribution in [0.2, 0.25) is 0 Å². The van der Waals surface area contributed by atoms with E-state index in [4.69, 9.17) is 5.73 Å². The van der Waals surface area contributed by atoms with Crippen LogP contribution in [0.4, 0.5) is 22.7 Å². The summed E-state index contributed by atoms with van der Waals surface area (Å²) in [6.45, 7) is 1.49. The Morgan fingerprint density at radius 1 is 1.00 bits per heavy atom. The molecular weight excluding hydrogens is 226 g/mol. The van der Waals surface area contributed by atoms with Gasteiger partial charge >= 0.3 is 0 Å². The summed E-state index contributed by atoms with van der Waals surface area (Å²) in [5.74, 6) is -0.0837. The van der Waals surface area contributed by atoms with E-state index in [0.717, 1.165) is 22.7 Å². The molecule has 2 aromatic rings. The lowest BCUT2D eigenvalue weighted by Crippen LogP contribution is -2.05. The van der Waals surface area contributed by atoms with Crippen molar-refractivity contribution in [3.8, 4) is 0 Å². The van der Waals surface area contributed by atoms with E-state index in [-0.39, 0.29) is 5.91 Å². The van der Waals surface area contributed by atoms with Gasteiger partial charge in [0.15, 0.2) is 0 Å². The molecule has 2 aromatic carbocycles. The molecule has 0 saturated carbocycles. The fourth-order valence-corrected chi connectivity index (χ4v) is 1.61. The molecule has 18 heavy (non-hydrogen) atoms. The second kappa shape index (κ2) is 5.23. The molecule has 4 heteroatoms. The first-order valence-corrected chi connectivity index (χ1v) is 5.64. The monoisotopic (exact) mass is 241 g/mol. The number of amides is 1. The summed E-state index contributed by atoms with van der Waals surface area (Å²) in [5.41, 5.74) is 8.98. The van der Waals surface area contributed by atoms with Gasteiger partial charge in [-0.25, -0.2) is 0 Å². The first kappa shape index (κ1) is 12.0. The second-order valence-corrected chi connectivity index (χ2v) is 4.01. The quantitative estimate of drug-likeness (QED) is 0.724. The highest BCUT2D eigenvalue weighted by Gasteiger charge is 1.98. The topological polar surface area (TPSA) is 67.2 Å². The number of carbonyl (C=O) groups is 1. The highest BCUT2D eigenvalue weighted by Crippen LogP contribution is 2.20. The van der Waals surface area contributed by atoms with Gasteiger partial charge in [0.2, 0.25) is 5.91 Å². The van der Waals surface area contributed by atoms with E-state index >= 15 is 0 Å². The lowest BCUT2D eigenvalue weighted by atomic mass is 10.2. The molecule has 92 valence electrons. The summed E-state index contributed by atoms with van der Waals surface area (Å²) < 4.78 is 0. The number of anilines is 4. The third kappa shape index (κ3) is 3.25. The van der Waals surface area contributed by atoms with Gasteiger partial charge in [-0.05, 0) is 42.5 Å². The average molecular weight is 241 g/mol. The van der Waals surface area contributed by atoms with E-state index in [2.05, 4.69) is 10.6 Å². The third-order valence-corrected chi connectivity index (χ3v) is 2.38. The van der Waals surface area contributed by atoms with Crippen molar-refractivity contribution in [2.75, 3.05) is 16.4 Å². The first-order chi connectivity index (χ1) is 8.63. The number of benzene rings is 2. The maximum Gasteiger partial charge on any atom is 0.221 e. The SMILES string of the molecule is CC(=O)Nc1cccc(Nc2ccc(N)cc2)c1. The fourth-order valence-electron chi connectivity index (χ4n) is 1.61. The zero-order valence-electron chi connectivity index (χ0n) is 10.1. The van der Waals surface area contributed by atoms with Crippen molar-refractivity contribution >= 4 is 28.7 Å². The Balaban J connectivity index is 2.13. The van der Waals surface area contributed by atoms with Crippen LogP contribution in [0.1, 0.15) is 6.92 Å². The number of hydrogen-bond acceptors (Lipinski definition) is 3. The smallest absolute Gasteiger partial charge is 0.221 e. The Bertz CT molecular complexity index is 549. The van der Waals surface area contributed by atoms with Gasteiger partial charge in [-0.2, -0.15) is 0 Å². The molecule has 2 rings (SSSR count). The fraction of sp³-hybridized carbons (Fsp3) is 0.0714. The number of nitrogens with two attached hydrogens (primary N) is 1. The zero-order valence-corrected chi connectivity index (χ0v) is 10.1. The normalized spacial score (nSPS) is 9.83. The van der Waals surface area contributed by atoms with Crippen molar-refractivity contribution < 1.29 is 4.79 Å². The molecule has 0 aromatic heterocycles. The largest absolute Gasteiger partial charge is 0.399 e. The minimum Gasteiger partial charge on any atom is -0.399 e. The van der Waals surface area contributed by atoms with Crippen LogP contribution in [0, 0.1) is 0 Å². The van der Waals surface area contributed by atoms with Gasteiger partial charge in [0.05, 0.1) is 0 Å². The van der Waals surface area contributed by atoms with Crippen LogP contribution < -0.4 is 16.4 Å². The van der Waals surface area contributed by atoms with Crippen LogP contribution in [0.25, 0.3) is 0 Å². The molecule has 0 aliphatic carbocycles. The molecule has 0 aliphatic heterocycles. The van der Waals surface area contributed by atoms with Gasteiger partial charge in [0.25, 0.3) is 0 Å². The lowest BCUT2D eigenvalue weighted by molar-refractivity contribution is -0.114. The molecule has 0 fully saturated rings. The van der Waals surface area contributed by atoms with Gasteiger partial charge in [-0.3, -0.25) is 4.79 Å². The minimum atomic E-state index is -0.0837. The Labute approximate surface area is 106 Å². The van der Waals surface area contributed by atoms with Crippen molar-refractivity contribution in [2.45, 2.75) is 6.92 Å². The molecule has 0 saturated heterocycles. The van der Waals surface area contributed by atoms with E-state index in [0.29, 0.717) is 0 Å². The first-order valence-electron chi connectivity index (χ1n) is 5.64. The van der Waals surface area contributed by atoms with Crippen molar-refractivity contribution in [3.05, 3.63) is 48.5 Å². The number of nitrogen functional groups attached to an aromatic ring is 1. The van der Waals surface area contributed by atoms with E-state index in [1.165, 1.54) is 6.92 Å². The van der Waals surface area contributed by atoms with E-state index < -0.39 is 0 Å². The van der Waals surface area contributed by atoms with Crippen LogP contribution in [-0.4, -0.2) is 5.91 Å². The van der Waals surface area contributed by atoms with Gasteiger partial charge in [-0.1, -0.05) is 6.07 Å². The van der Waals surface area contributed by atoms with Gasteiger partial charge < -0.3 is 16.4 Å². The predicted octanol–water partition coefficient (Wildman–Crippen LogP) is 2.97. The third-order valence-electron chi connectivity index (χ3n) is 2.38. The molecule has 0 spiro atoms. The number of nitrogens with one attached hydrogen (secondary N) is 2. The number of rotatable bonds is 3. The minimum absolute atomic E-state index is 0.0837. The second-order valence-electron chi connectivity index (χ2n) is 4.01. The molecule has 0 radical (unpaired) electrons. The van der Waals surface area contributed by atoms with Gasteiger partial charge in [-0.15, -0.1) is 0 Å². The average Bonchev–Trinajstić information content (AvgIpc) is 2.32. The molecule has 0 unspecified atom stereocenters. The molecule has 0 atom stereocenters. The molecule has 0 heterocycles. The Hall–Kier alpha value is -2.49.